The third-order valence-electron chi connectivity index (χ3n) is 2.60. The molecule has 1 aliphatic rings. The van der Waals surface area contributed by atoms with Crippen LogP contribution in [0.5, 0.6) is 5.75 Å². The Balaban J connectivity index is 2.09. The number of methoxy groups -OCH3 is 1. The van der Waals surface area contributed by atoms with Crippen molar-refractivity contribution in [3.05, 3.63) is 29.6 Å². The molecule has 1 heterocycles. The van der Waals surface area contributed by atoms with Gasteiger partial charge in [0.1, 0.15) is 11.6 Å². The smallest absolute Gasteiger partial charge is 0.131 e. The largest absolute Gasteiger partial charge is 0.497 e. The van der Waals surface area contributed by atoms with Gasteiger partial charge in [0.15, 0.2) is 0 Å². The molecule has 0 aromatic heterocycles. The van der Waals surface area contributed by atoms with Crippen LogP contribution in [0, 0.1) is 5.82 Å². The van der Waals surface area contributed by atoms with Crippen molar-refractivity contribution >= 4 is 0 Å². The van der Waals surface area contributed by atoms with E-state index in [1.807, 2.05) is 0 Å². The maximum atomic E-state index is 13.5. The van der Waals surface area contributed by atoms with Crippen LogP contribution < -0.4 is 4.74 Å². The van der Waals surface area contributed by atoms with Crippen molar-refractivity contribution < 1.29 is 9.13 Å². The Morgan fingerprint density at radius 3 is 2.71 bits per heavy atom. The maximum absolute atomic E-state index is 13.5. The predicted molar refractivity (Wildman–Crippen MR) is 52.8 cm³/mol. The van der Waals surface area contributed by atoms with Crippen molar-refractivity contribution in [2.45, 2.75) is 13.0 Å². The second kappa shape index (κ2) is 3.96. The summed E-state index contributed by atoms with van der Waals surface area (Å²) in [5.41, 5.74) is 0.755. The second-order valence-corrected chi connectivity index (χ2v) is 3.59. The quantitative estimate of drug-likeness (QED) is 0.731. The highest BCUT2D eigenvalue weighted by Crippen LogP contribution is 2.19. The van der Waals surface area contributed by atoms with Gasteiger partial charge in [0.05, 0.1) is 7.11 Å². The Kier molecular flexibility index (Phi) is 2.68. The van der Waals surface area contributed by atoms with E-state index < -0.39 is 0 Å². The van der Waals surface area contributed by atoms with Crippen LogP contribution in [-0.2, 0) is 6.54 Å². The average molecular weight is 195 g/mol. The minimum absolute atomic E-state index is 0.170. The first-order chi connectivity index (χ1) is 6.79. The molecule has 76 valence electrons. The van der Waals surface area contributed by atoms with E-state index in [2.05, 4.69) is 4.90 Å². The highest BCUT2D eigenvalue weighted by atomic mass is 19.1. The first-order valence-electron chi connectivity index (χ1n) is 4.84. The third-order valence-corrected chi connectivity index (χ3v) is 2.60. The Morgan fingerprint density at radius 2 is 2.21 bits per heavy atom. The molecule has 14 heavy (non-hydrogen) atoms. The zero-order valence-corrected chi connectivity index (χ0v) is 8.29. The van der Waals surface area contributed by atoms with Crippen molar-refractivity contribution in [2.24, 2.45) is 0 Å². The van der Waals surface area contributed by atoms with Crippen LogP contribution in [0.25, 0.3) is 0 Å². The van der Waals surface area contributed by atoms with Gasteiger partial charge in [-0.2, -0.15) is 0 Å². The van der Waals surface area contributed by atoms with Gasteiger partial charge in [0.2, 0.25) is 0 Å². The van der Waals surface area contributed by atoms with Crippen LogP contribution in [0.3, 0.4) is 0 Å². The molecule has 2 rings (SSSR count). The number of rotatable bonds is 3. The molecule has 1 aromatic carbocycles. The summed E-state index contributed by atoms with van der Waals surface area (Å²) in [6.45, 7) is 2.90. The summed E-state index contributed by atoms with van der Waals surface area (Å²) >= 11 is 0. The first-order valence-corrected chi connectivity index (χ1v) is 4.84. The second-order valence-electron chi connectivity index (χ2n) is 3.59. The van der Waals surface area contributed by atoms with Gasteiger partial charge in [-0.3, -0.25) is 4.90 Å². The van der Waals surface area contributed by atoms with Crippen molar-refractivity contribution in [1.29, 1.82) is 0 Å². The highest BCUT2D eigenvalue weighted by molar-refractivity contribution is 5.28. The SMILES string of the molecule is COc1ccc(CN2CCC2)c(F)c1. The van der Waals surface area contributed by atoms with E-state index in [0.717, 1.165) is 25.2 Å². The molecule has 0 spiro atoms. The third kappa shape index (κ3) is 1.87. The fourth-order valence-corrected chi connectivity index (χ4v) is 1.56. The summed E-state index contributed by atoms with van der Waals surface area (Å²) in [6.07, 6.45) is 1.23. The van der Waals surface area contributed by atoms with Crippen molar-refractivity contribution in [3.63, 3.8) is 0 Å². The highest BCUT2D eigenvalue weighted by Gasteiger charge is 2.15. The Hall–Kier alpha value is -1.09. The summed E-state index contributed by atoms with van der Waals surface area (Å²) in [4.78, 5) is 2.23. The Labute approximate surface area is 83.3 Å². The standard InChI is InChI=1S/C11H14FNO/c1-14-10-4-3-9(11(12)7-10)8-13-5-2-6-13/h3-4,7H,2,5-6,8H2,1H3. The van der Waals surface area contributed by atoms with Crippen molar-refractivity contribution in [2.75, 3.05) is 20.2 Å². The van der Waals surface area contributed by atoms with Crippen LogP contribution in [0.1, 0.15) is 12.0 Å². The number of nitrogens with zero attached hydrogens (tertiary/aromatic N) is 1. The molecule has 1 aliphatic heterocycles. The summed E-state index contributed by atoms with van der Waals surface area (Å²) < 4.78 is 18.4. The van der Waals surface area contributed by atoms with Crippen LogP contribution >= 0.6 is 0 Å². The van der Waals surface area contributed by atoms with E-state index in [4.69, 9.17) is 4.74 Å². The lowest BCUT2D eigenvalue weighted by Crippen LogP contribution is -2.36. The van der Waals surface area contributed by atoms with Crippen LogP contribution in [0.15, 0.2) is 18.2 Å². The number of hydrogen-bond acceptors (Lipinski definition) is 2. The number of ether oxygens (including phenoxy) is 1. The Morgan fingerprint density at radius 1 is 1.43 bits per heavy atom. The van der Waals surface area contributed by atoms with E-state index in [-0.39, 0.29) is 5.82 Å². The van der Waals surface area contributed by atoms with Gasteiger partial charge >= 0.3 is 0 Å². The van der Waals surface area contributed by atoms with Gasteiger partial charge in [-0.1, -0.05) is 6.07 Å². The Bertz CT molecular complexity index is 323. The zero-order valence-electron chi connectivity index (χ0n) is 8.29. The molecular weight excluding hydrogens is 181 g/mol. The molecule has 1 fully saturated rings. The van der Waals surface area contributed by atoms with Gasteiger partial charge in [-0.25, -0.2) is 4.39 Å². The summed E-state index contributed by atoms with van der Waals surface area (Å²) in [6, 6.07) is 5.04. The van der Waals surface area contributed by atoms with E-state index in [0.29, 0.717) is 5.75 Å². The molecule has 0 unspecified atom stereocenters. The van der Waals surface area contributed by atoms with E-state index >= 15 is 0 Å². The topological polar surface area (TPSA) is 12.5 Å². The molecule has 0 saturated carbocycles. The lowest BCUT2D eigenvalue weighted by molar-refractivity contribution is 0.170. The zero-order chi connectivity index (χ0) is 9.97. The number of benzene rings is 1. The van der Waals surface area contributed by atoms with Gasteiger partial charge in [0, 0.05) is 18.2 Å². The molecule has 3 heteroatoms. The van der Waals surface area contributed by atoms with Crippen molar-refractivity contribution in [1.82, 2.24) is 4.90 Å². The molecule has 1 saturated heterocycles. The molecule has 1 aromatic rings. The van der Waals surface area contributed by atoms with E-state index in [9.17, 15) is 4.39 Å². The fraction of sp³-hybridized carbons (Fsp3) is 0.455. The lowest BCUT2D eigenvalue weighted by Gasteiger charge is -2.30. The van der Waals surface area contributed by atoms with E-state index in [1.54, 1.807) is 19.2 Å². The monoisotopic (exact) mass is 195 g/mol. The van der Waals surface area contributed by atoms with E-state index in [1.165, 1.54) is 12.5 Å². The summed E-state index contributed by atoms with van der Waals surface area (Å²) in [7, 11) is 1.55. The van der Waals surface area contributed by atoms with Crippen LogP contribution in [0.2, 0.25) is 0 Å². The number of hydrogen-bond donors (Lipinski definition) is 0. The summed E-state index contributed by atoms with van der Waals surface area (Å²) in [5, 5.41) is 0. The number of halogens is 1. The minimum atomic E-state index is -0.170. The minimum Gasteiger partial charge on any atom is -0.497 e. The molecule has 0 radical (unpaired) electrons. The van der Waals surface area contributed by atoms with Gasteiger partial charge in [-0.05, 0) is 25.6 Å². The normalized spacial score (nSPS) is 16.4. The van der Waals surface area contributed by atoms with Gasteiger partial charge < -0.3 is 4.74 Å². The molecule has 0 N–H and O–H groups in total. The fourth-order valence-electron chi connectivity index (χ4n) is 1.56. The molecular formula is C11H14FNO. The molecule has 0 bridgehead atoms. The number of likely N-dealkylation sites (tertiary alicyclic amines) is 1. The molecule has 0 atom stereocenters. The van der Waals surface area contributed by atoms with Crippen LogP contribution in [-0.4, -0.2) is 25.1 Å². The van der Waals surface area contributed by atoms with Gasteiger partial charge in [0.25, 0.3) is 0 Å². The predicted octanol–water partition coefficient (Wildman–Crippen LogP) is 2.04. The first kappa shape index (κ1) is 9.46. The molecule has 0 aliphatic carbocycles. The summed E-state index contributed by atoms with van der Waals surface area (Å²) in [5.74, 6) is 0.408. The van der Waals surface area contributed by atoms with Gasteiger partial charge in [-0.15, -0.1) is 0 Å². The van der Waals surface area contributed by atoms with Crippen molar-refractivity contribution in [3.8, 4) is 5.75 Å². The molecule has 2 nitrogen and oxygen atoms in total. The molecule has 0 amide bonds. The lowest BCUT2D eigenvalue weighted by atomic mass is 10.1. The van der Waals surface area contributed by atoms with Crippen LogP contribution in [0.4, 0.5) is 4.39 Å². The maximum Gasteiger partial charge on any atom is 0.131 e. The average Bonchev–Trinajstić information content (AvgIpc) is 2.13.